The van der Waals surface area contributed by atoms with E-state index < -0.39 is 35.4 Å². The van der Waals surface area contributed by atoms with Crippen molar-refractivity contribution in [3.05, 3.63) is 57.6 Å². The molecule has 0 radical (unpaired) electrons. The Kier molecular flexibility index (Phi) is 7.33. The highest BCUT2D eigenvalue weighted by Gasteiger charge is 2.38. The average Bonchev–Trinajstić information content (AvgIpc) is 2.69. The number of carbonyl (C=O) groups excluding carboxylic acids is 3. The average molecular weight is 465 g/mol. The van der Waals surface area contributed by atoms with Crippen LogP contribution in [-0.4, -0.2) is 31.9 Å². The Balaban J connectivity index is 2.38. The molecule has 0 unspecified atom stereocenters. The van der Waals surface area contributed by atoms with Crippen molar-refractivity contribution in [2.24, 2.45) is 5.92 Å². The third kappa shape index (κ3) is 5.22. The van der Waals surface area contributed by atoms with Crippen LogP contribution in [0.4, 0.5) is 13.2 Å². The van der Waals surface area contributed by atoms with Crippen molar-refractivity contribution in [3.63, 3.8) is 0 Å². The van der Waals surface area contributed by atoms with Crippen LogP contribution in [0.1, 0.15) is 15.9 Å². The van der Waals surface area contributed by atoms with Gasteiger partial charge < -0.3 is 14.2 Å². The minimum Gasteiger partial charge on any atom is -0.468 e. The van der Waals surface area contributed by atoms with E-state index in [-0.39, 0.29) is 27.1 Å². The highest BCUT2D eigenvalue weighted by Crippen LogP contribution is 2.37. The Morgan fingerprint density at radius 3 is 2.00 bits per heavy atom. The van der Waals surface area contributed by atoms with Crippen LogP contribution in [-0.2, 0) is 25.2 Å². The van der Waals surface area contributed by atoms with Gasteiger partial charge in [-0.1, -0.05) is 23.2 Å². The lowest BCUT2D eigenvalue weighted by molar-refractivity contribution is -0.156. The van der Waals surface area contributed by atoms with Gasteiger partial charge in [0.25, 0.3) is 0 Å². The number of ether oxygens (including phenoxy) is 3. The fourth-order valence-electron chi connectivity index (χ4n) is 2.35. The minimum absolute atomic E-state index is 0.0297. The summed E-state index contributed by atoms with van der Waals surface area (Å²) in [4.78, 5) is 36.4. The molecular formula is C19H13Cl2F3O6. The second kappa shape index (κ2) is 9.36. The zero-order chi connectivity index (χ0) is 22.6. The lowest BCUT2D eigenvalue weighted by Gasteiger charge is -2.14. The van der Waals surface area contributed by atoms with Gasteiger partial charge in [0.1, 0.15) is 11.5 Å². The highest BCUT2D eigenvalue weighted by atomic mass is 35.5. The number of benzene rings is 2. The van der Waals surface area contributed by atoms with E-state index in [2.05, 4.69) is 9.47 Å². The van der Waals surface area contributed by atoms with Gasteiger partial charge in [-0.2, -0.15) is 13.2 Å². The maximum atomic E-state index is 12.8. The molecular weight excluding hydrogens is 452 g/mol. The van der Waals surface area contributed by atoms with Crippen molar-refractivity contribution in [2.45, 2.75) is 6.18 Å². The van der Waals surface area contributed by atoms with E-state index in [0.717, 1.165) is 32.4 Å². The topological polar surface area (TPSA) is 78.9 Å². The number of halogens is 5. The molecule has 0 spiro atoms. The number of esters is 2. The molecule has 0 saturated heterocycles. The smallest absolute Gasteiger partial charge is 0.416 e. The third-order valence-electron chi connectivity index (χ3n) is 3.83. The van der Waals surface area contributed by atoms with Gasteiger partial charge in [-0.25, -0.2) is 0 Å². The quantitative estimate of drug-likeness (QED) is 0.342. The molecule has 0 fully saturated rings. The van der Waals surface area contributed by atoms with E-state index in [1.54, 1.807) is 0 Å². The highest BCUT2D eigenvalue weighted by molar-refractivity contribution is 6.35. The third-order valence-corrected chi connectivity index (χ3v) is 4.45. The number of alkyl halides is 3. The molecule has 11 heteroatoms. The molecule has 0 N–H and O–H groups in total. The fourth-order valence-corrected chi connectivity index (χ4v) is 2.77. The van der Waals surface area contributed by atoms with Gasteiger partial charge in [0.2, 0.25) is 5.92 Å². The molecule has 6 nitrogen and oxygen atoms in total. The molecule has 2 aromatic carbocycles. The minimum atomic E-state index is -4.58. The molecule has 0 aromatic heterocycles. The lowest BCUT2D eigenvalue weighted by Crippen LogP contribution is -2.34. The monoisotopic (exact) mass is 464 g/mol. The first-order valence-electron chi connectivity index (χ1n) is 8.03. The summed E-state index contributed by atoms with van der Waals surface area (Å²) >= 11 is 11.9. The lowest BCUT2D eigenvalue weighted by atomic mass is 9.97. The molecule has 160 valence electrons. The number of hydrogen-bond donors (Lipinski definition) is 0. The number of methoxy groups -OCH3 is 2. The van der Waals surface area contributed by atoms with E-state index in [1.807, 2.05) is 0 Å². The van der Waals surface area contributed by atoms with Crippen LogP contribution >= 0.6 is 23.2 Å². The summed E-state index contributed by atoms with van der Waals surface area (Å²) in [7, 11) is 1.97. The van der Waals surface area contributed by atoms with Gasteiger partial charge in [0.15, 0.2) is 5.78 Å². The van der Waals surface area contributed by atoms with Gasteiger partial charge in [-0.05, 0) is 36.4 Å². The molecule has 0 saturated carbocycles. The van der Waals surface area contributed by atoms with Crippen molar-refractivity contribution in [2.75, 3.05) is 14.2 Å². The van der Waals surface area contributed by atoms with Crippen molar-refractivity contribution in [1.82, 2.24) is 0 Å². The van der Waals surface area contributed by atoms with E-state index in [1.165, 1.54) is 12.1 Å². The second-order valence-electron chi connectivity index (χ2n) is 5.73. The predicted octanol–water partition coefficient (Wildman–Crippen LogP) is 4.95. The second-order valence-corrected chi connectivity index (χ2v) is 6.54. The maximum Gasteiger partial charge on any atom is 0.416 e. The number of rotatable bonds is 6. The normalized spacial score (nSPS) is 11.2. The van der Waals surface area contributed by atoms with Crippen molar-refractivity contribution < 1.29 is 41.8 Å². The van der Waals surface area contributed by atoms with Crippen LogP contribution in [0.2, 0.25) is 10.0 Å². The van der Waals surface area contributed by atoms with Crippen molar-refractivity contribution in [1.29, 1.82) is 0 Å². The largest absolute Gasteiger partial charge is 0.468 e. The van der Waals surface area contributed by atoms with Crippen molar-refractivity contribution >= 4 is 40.9 Å². The Morgan fingerprint density at radius 1 is 0.900 bits per heavy atom. The first-order valence-corrected chi connectivity index (χ1v) is 8.79. The molecule has 0 aliphatic heterocycles. The van der Waals surface area contributed by atoms with E-state index in [0.29, 0.717) is 6.07 Å². The Morgan fingerprint density at radius 2 is 1.50 bits per heavy atom. The van der Waals surface area contributed by atoms with Crippen LogP contribution in [0.3, 0.4) is 0 Å². The molecule has 0 heterocycles. The Labute approximate surface area is 178 Å². The maximum absolute atomic E-state index is 12.8. The number of hydrogen-bond acceptors (Lipinski definition) is 6. The summed E-state index contributed by atoms with van der Waals surface area (Å²) in [6.45, 7) is 0. The molecule has 0 amide bonds. The summed E-state index contributed by atoms with van der Waals surface area (Å²) in [5.41, 5.74) is -1.23. The zero-order valence-corrected chi connectivity index (χ0v) is 16.9. The Bertz CT molecular complexity index is 975. The van der Waals surface area contributed by atoms with Gasteiger partial charge in [0, 0.05) is 5.56 Å². The van der Waals surface area contributed by atoms with Gasteiger partial charge in [0.05, 0.1) is 29.8 Å². The first-order chi connectivity index (χ1) is 14.0. The van der Waals surface area contributed by atoms with Crippen LogP contribution in [0.25, 0.3) is 0 Å². The van der Waals surface area contributed by atoms with Crippen LogP contribution < -0.4 is 4.74 Å². The summed E-state index contributed by atoms with van der Waals surface area (Å²) in [5, 5.41) is -0.432. The zero-order valence-electron chi connectivity index (χ0n) is 15.4. The Hall–Kier alpha value is -2.78. The standard InChI is InChI=1S/C19H13Cl2F3O6/c1-28-17(26)15(18(27)29-2)16(25)11-8-10(4-5-12(11)20)30-14-6-3-9(7-13(14)21)19(22,23)24/h3-8,15H,1-2H3. The van der Waals surface area contributed by atoms with Crippen LogP contribution in [0, 0.1) is 5.92 Å². The summed E-state index contributed by atoms with van der Waals surface area (Å²) in [6.07, 6.45) is -4.58. The molecule has 30 heavy (non-hydrogen) atoms. The molecule has 0 atom stereocenters. The molecule has 2 aromatic rings. The van der Waals surface area contributed by atoms with Gasteiger partial charge >= 0.3 is 18.1 Å². The van der Waals surface area contributed by atoms with Gasteiger partial charge in [-0.15, -0.1) is 0 Å². The number of ketones is 1. The molecule has 0 aliphatic rings. The summed E-state index contributed by atoms with van der Waals surface area (Å²) in [6, 6.07) is 6.13. The molecule has 2 rings (SSSR count). The van der Waals surface area contributed by atoms with Crippen molar-refractivity contribution in [3.8, 4) is 11.5 Å². The first kappa shape index (κ1) is 23.5. The number of Topliss-reactive ketones (excluding diaryl/α,β-unsaturated/α-hetero) is 1. The fraction of sp³-hybridized carbons (Fsp3) is 0.211. The van der Waals surface area contributed by atoms with Crippen LogP contribution in [0.15, 0.2) is 36.4 Å². The summed E-state index contributed by atoms with van der Waals surface area (Å²) in [5.74, 6) is -5.38. The van der Waals surface area contributed by atoms with Gasteiger partial charge in [-0.3, -0.25) is 14.4 Å². The molecule has 0 bridgehead atoms. The summed E-state index contributed by atoms with van der Waals surface area (Å²) < 4.78 is 52.6. The molecule has 0 aliphatic carbocycles. The van der Waals surface area contributed by atoms with E-state index in [4.69, 9.17) is 27.9 Å². The van der Waals surface area contributed by atoms with Crippen LogP contribution in [0.5, 0.6) is 11.5 Å². The SMILES string of the molecule is COC(=O)C(C(=O)OC)C(=O)c1cc(Oc2ccc(C(F)(F)F)cc2Cl)ccc1Cl. The van der Waals surface area contributed by atoms with E-state index in [9.17, 15) is 27.6 Å². The number of carbonyl (C=O) groups is 3. The predicted molar refractivity (Wildman–Crippen MR) is 99.8 cm³/mol. The van der Waals surface area contributed by atoms with E-state index >= 15 is 0 Å².